The first-order valence-electron chi connectivity index (χ1n) is 9.65. The van der Waals surface area contributed by atoms with Gasteiger partial charge in [0.05, 0.1) is 17.5 Å². The molecule has 6 nitrogen and oxygen atoms in total. The van der Waals surface area contributed by atoms with Crippen LogP contribution in [0, 0.1) is 0 Å². The first-order valence-corrected chi connectivity index (χ1v) is 10.5. The van der Waals surface area contributed by atoms with Crippen LogP contribution < -0.4 is 5.73 Å². The lowest BCUT2D eigenvalue weighted by molar-refractivity contribution is 0.101. The second kappa shape index (κ2) is 6.67. The summed E-state index contributed by atoms with van der Waals surface area (Å²) in [6.07, 6.45) is 9.30. The van der Waals surface area contributed by atoms with E-state index in [4.69, 9.17) is 10.7 Å². The molecule has 1 aliphatic carbocycles. The highest BCUT2D eigenvalue weighted by atomic mass is 32.1. The van der Waals surface area contributed by atoms with Crippen molar-refractivity contribution >= 4 is 38.8 Å². The van der Waals surface area contributed by atoms with Gasteiger partial charge < -0.3 is 5.73 Å². The highest BCUT2D eigenvalue weighted by Crippen LogP contribution is 2.37. The van der Waals surface area contributed by atoms with Crippen LogP contribution in [-0.4, -0.2) is 25.4 Å². The summed E-state index contributed by atoms with van der Waals surface area (Å²) in [6, 6.07) is 4.16. The number of carbonyl (C=O) groups is 1. The third-order valence-corrected chi connectivity index (χ3v) is 6.51. The van der Waals surface area contributed by atoms with Crippen molar-refractivity contribution in [3.8, 4) is 11.1 Å². The standard InChI is InChI=1S/C21H21N5OS/c1-12(27)17-18(13-5-3-2-4-6-13)25-20-16(11-24-26(20)19(17)22)15-9-14-7-8-28-21(14)23-10-15/h7-11,13H,2-6,22H2,1H3. The van der Waals surface area contributed by atoms with Crippen molar-refractivity contribution in [2.24, 2.45) is 0 Å². The van der Waals surface area contributed by atoms with Gasteiger partial charge in [-0.25, -0.2) is 9.97 Å². The molecule has 0 aliphatic heterocycles. The average Bonchev–Trinajstić information content (AvgIpc) is 3.34. The number of aromatic nitrogens is 4. The molecule has 0 atom stereocenters. The summed E-state index contributed by atoms with van der Waals surface area (Å²) in [5, 5.41) is 7.58. The Hall–Kier alpha value is -2.80. The molecular weight excluding hydrogens is 370 g/mol. The van der Waals surface area contributed by atoms with E-state index in [-0.39, 0.29) is 11.7 Å². The van der Waals surface area contributed by atoms with Crippen molar-refractivity contribution in [2.75, 3.05) is 5.73 Å². The Bertz CT molecular complexity index is 1200. The molecule has 1 aliphatic rings. The first-order chi connectivity index (χ1) is 13.6. The Labute approximate surface area is 166 Å². The normalized spacial score (nSPS) is 15.5. The number of anilines is 1. The van der Waals surface area contributed by atoms with Gasteiger partial charge in [-0.05, 0) is 37.3 Å². The predicted octanol–water partition coefficient (Wildman–Crippen LogP) is 4.84. The summed E-state index contributed by atoms with van der Waals surface area (Å²) < 4.78 is 1.59. The lowest BCUT2D eigenvalue weighted by atomic mass is 9.84. The van der Waals surface area contributed by atoms with Crippen LogP contribution in [-0.2, 0) is 0 Å². The number of hydrogen-bond donors (Lipinski definition) is 1. The minimum atomic E-state index is -0.0501. The number of Topliss-reactive ketones (excluding diaryl/α,β-unsaturated/α-hetero) is 1. The summed E-state index contributed by atoms with van der Waals surface area (Å²) in [5.74, 6) is 0.611. The van der Waals surface area contributed by atoms with Crippen LogP contribution in [0.4, 0.5) is 5.82 Å². The third kappa shape index (κ3) is 2.69. The van der Waals surface area contributed by atoms with E-state index in [2.05, 4.69) is 22.2 Å². The topological polar surface area (TPSA) is 86.2 Å². The molecule has 7 heteroatoms. The van der Waals surface area contributed by atoms with Gasteiger partial charge in [-0.2, -0.15) is 9.61 Å². The number of nitrogens with zero attached hydrogens (tertiary/aromatic N) is 4. The zero-order valence-corrected chi connectivity index (χ0v) is 16.5. The SMILES string of the molecule is CC(=O)c1c(C2CCCCC2)nc2c(-c3cnc4sccc4c3)cnn2c1N. The van der Waals surface area contributed by atoms with Crippen LogP contribution >= 0.6 is 11.3 Å². The van der Waals surface area contributed by atoms with Gasteiger partial charge in [0.25, 0.3) is 0 Å². The molecule has 2 N–H and O–H groups in total. The fourth-order valence-electron chi connectivity index (χ4n) is 4.27. The fourth-order valence-corrected chi connectivity index (χ4v) is 5.00. The zero-order valence-electron chi connectivity index (χ0n) is 15.7. The maximum absolute atomic E-state index is 12.4. The maximum atomic E-state index is 12.4. The van der Waals surface area contributed by atoms with E-state index < -0.39 is 0 Å². The zero-order chi connectivity index (χ0) is 19.3. The summed E-state index contributed by atoms with van der Waals surface area (Å²) in [7, 11) is 0. The summed E-state index contributed by atoms with van der Waals surface area (Å²) in [4.78, 5) is 22.9. The Morgan fingerprint density at radius 2 is 2.07 bits per heavy atom. The minimum Gasteiger partial charge on any atom is -0.383 e. The van der Waals surface area contributed by atoms with Gasteiger partial charge in [-0.3, -0.25) is 4.79 Å². The van der Waals surface area contributed by atoms with Crippen molar-refractivity contribution in [1.29, 1.82) is 0 Å². The lowest BCUT2D eigenvalue weighted by Crippen LogP contribution is -2.17. The molecule has 1 fully saturated rings. The molecule has 142 valence electrons. The van der Waals surface area contributed by atoms with E-state index in [9.17, 15) is 4.79 Å². The largest absolute Gasteiger partial charge is 0.383 e. The minimum absolute atomic E-state index is 0.0501. The molecule has 0 amide bonds. The number of nitrogen functional groups attached to an aromatic ring is 1. The molecule has 0 aromatic carbocycles. The van der Waals surface area contributed by atoms with E-state index in [0.717, 1.165) is 39.9 Å². The molecule has 0 spiro atoms. The quantitative estimate of drug-likeness (QED) is 0.505. The van der Waals surface area contributed by atoms with Gasteiger partial charge in [0, 0.05) is 28.6 Å². The first kappa shape index (κ1) is 17.3. The van der Waals surface area contributed by atoms with Crippen LogP contribution in [0.15, 0.2) is 29.9 Å². The Balaban J connectivity index is 1.73. The van der Waals surface area contributed by atoms with E-state index in [1.807, 2.05) is 11.6 Å². The Morgan fingerprint density at radius 1 is 1.25 bits per heavy atom. The lowest BCUT2D eigenvalue weighted by Gasteiger charge is -2.23. The molecule has 0 radical (unpaired) electrons. The third-order valence-electron chi connectivity index (χ3n) is 5.67. The maximum Gasteiger partial charge on any atom is 0.165 e. The van der Waals surface area contributed by atoms with Crippen LogP contribution in [0.3, 0.4) is 0 Å². The van der Waals surface area contributed by atoms with Gasteiger partial charge in [0.2, 0.25) is 0 Å². The highest BCUT2D eigenvalue weighted by Gasteiger charge is 2.26. The number of pyridine rings is 1. The number of nitrogens with two attached hydrogens (primary N) is 1. The van der Waals surface area contributed by atoms with Crippen molar-refractivity contribution in [2.45, 2.75) is 44.9 Å². The Kier molecular flexibility index (Phi) is 4.12. The fraction of sp³-hybridized carbons (Fsp3) is 0.333. The monoisotopic (exact) mass is 391 g/mol. The van der Waals surface area contributed by atoms with Crippen molar-refractivity contribution in [1.82, 2.24) is 19.6 Å². The number of fused-ring (bicyclic) bond motifs is 2. The van der Waals surface area contributed by atoms with E-state index in [0.29, 0.717) is 17.0 Å². The molecule has 4 aromatic rings. The molecule has 0 saturated heterocycles. The van der Waals surface area contributed by atoms with E-state index in [1.165, 1.54) is 19.3 Å². The smallest absolute Gasteiger partial charge is 0.165 e. The molecule has 5 rings (SSSR count). The molecule has 1 saturated carbocycles. The van der Waals surface area contributed by atoms with Gasteiger partial charge in [-0.15, -0.1) is 11.3 Å². The van der Waals surface area contributed by atoms with Crippen LogP contribution in [0.2, 0.25) is 0 Å². The summed E-state index contributed by atoms with van der Waals surface area (Å²) in [6.45, 7) is 1.56. The van der Waals surface area contributed by atoms with Crippen LogP contribution in [0.25, 0.3) is 27.0 Å². The highest BCUT2D eigenvalue weighted by molar-refractivity contribution is 7.16. The van der Waals surface area contributed by atoms with Gasteiger partial charge >= 0.3 is 0 Å². The Morgan fingerprint density at radius 3 is 2.86 bits per heavy atom. The molecule has 0 bridgehead atoms. The number of ketones is 1. The molecule has 0 unspecified atom stereocenters. The predicted molar refractivity (Wildman–Crippen MR) is 112 cm³/mol. The second-order valence-electron chi connectivity index (χ2n) is 7.48. The average molecular weight is 392 g/mol. The van der Waals surface area contributed by atoms with E-state index >= 15 is 0 Å². The van der Waals surface area contributed by atoms with Crippen molar-refractivity contribution in [3.05, 3.63) is 41.2 Å². The number of thiophene rings is 1. The van der Waals surface area contributed by atoms with Crippen LogP contribution in [0.1, 0.15) is 61.0 Å². The van der Waals surface area contributed by atoms with E-state index in [1.54, 1.807) is 29.0 Å². The van der Waals surface area contributed by atoms with Gasteiger partial charge in [-0.1, -0.05) is 19.3 Å². The van der Waals surface area contributed by atoms with Crippen molar-refractivity contribution in [3.63, 3.8) is 0 Å². The van der Waals surface area contributed by atoms with Gasteiger partial charge in [0.15, 0.2) is 11.4 Å². The summed E-state index contributed by atoms with van der Waals surface area (Å²) >= 11 is 1.62. The molecule has 28 heavy (non-hydrogen) atoms. The molecule has 4 aromatic heterocycles. The van der Waals surface area contributed by atoms with Gasteiger partial charge in [0.1, 0.15) is 10.6 Å². The molecular formula is C21H21N5OS. The van der Waals surface area contributed by atoms with Crippen molar-refractivity contribution < 1.29 is 4.79 Å². The van der Waals surface area contributed by atoms with Crippen LogP contribution in [0.5, 0.6) is 0 Å². The number of carbonyl (C=O) groups excluding carboxylic acids is 1. The molecule has 4 heterocycles. The number of hydrogen-bond acceptors (Lipinski definition) is 6. The summed E-state index contributed by atoms with van der Waals surface area (Å²) in [5.41, 5.74) is 10.3. The second-order valence-corrected chi connectivity index (χ2v) is 8.38. The number of rotatable bonds is 3.